The normalized spacial score (nSPS) is 11.1. The Kier molecular flexibility index (Phi) is 6.81. The number of hydrazone groups is 1. The highest BCUT2D eigenvalue weighted by atomic mass is 16.6. The zero-order chi connectivity index (χ0) is 22.4. The number of amides is 1. The summed E-state index contributed by atoms with van der Waals surface area (Å²) in [5.41, 5.74) is 4.77. The van der Waals surface area contributed by atoms with E-state index in [2.05, 4.69) is 24.4 Å². The first-order valence-electron chi connectivity index (χ1n) is 9.74. The van der Waals surface area contributed by atoms with Crippen LogP contribution in [0.3, 0.4) is 0 Å². The minimum Gasteiger partial charge on any atom is -0.483 e. The molecule has 3 rings (SSSR count). The van der Waals surface area contributed by atoms with Crippen molar-refractivity contribution < 1.29 is 18.9 Å². The second kappa shape index (κ2) is 9.71. The number of ether oxygens (including phenoxy) is 1. The number of nitro groups is 1. The molecule has 8 nitrogen and oxygen atoms in total. The molecule has 0 saturated heterocycles. The van der Waals surface area contributed by atoms with E-state index in [9.17, 15) is 14.9 Å². The fraction of sp³-hybridized carbons (Fsp3) is 0.217. The van der Waals surface area contributed by atoms with Crippen molar-refractivity contribution in [3.05, 3.63) is 81.6 Å². The summed E-state index contributed by atoms with van der Waals surface area (Å²) >= 11 is 0. The van der Waals surface area contributed by atoms with Crippen LogP contribution < -0.4 is 10.2 Å². The Labute approximate surface area is 179 Å². The third-order valence-electron chi connectivity index (χ3n) is 4.52. The van der Waals surface area contributed by atoms with Crippen LogP contribution in [0.25, 0.3) is 11.3 Å². The van der Waals surface area contributed by atoms with Gasteiger partial charge in [-0.05, 0) is 48.2 Å². The van der Waals surface area contributed by atoms with E-state index in [0.29, 0.717) is 22.8 Å². The number of rotatable bonds is 8. The van der Waals surface area contributed by atoms with Gasteiger partial charge in [-0.25, -0.2) is 5.43 Å². The van der Waals surface area contributed by atoms with Crippen LogP contribution in [0, 0.1) is 17.0 Å². The smallest absolute Gasteiger partial charge is 0.280 e. The maximum atomic E-state index is 12.1. The summed E-state index contributed by atoms with van der Waals surface area (Å²) in [6.45, 7) is 5.90. The molecule has 0 bridgehead atoms. The third-order valence-corrected chi connectivity index (χ3v) is 4.52. The highest BCUT2D eigenvalue weighted by Crippen LogP contribution is 2.30. The molecule has 0 atom stereocenters. The molecule has 0 aliphatic heterocycles. The van der Waals surface area contributed by atoms with Crippen molar-refractivity contribution in [1.29, 1.82) is 0 Å². The Bertz CT molecular complexity index is 1120. The maximum absolute atomic E-state index is 12.1. The summed E-state index contributed by atoms with van der Waals surface area (Å²) in [6.07, 6.45) is 1.32. The van der Waals surface area contributed by atoms with Crippen molar-refractivity contribution in [2.75, 3.05) is 6.61 Å². The number of nitro benzene ring substituents is 1. The second-order valence-electron chi connectivity index (χ2n) is 7.25. The van der Waals surface area contributed by atoms with Crippen LogP contribution in [0.4, 0.5) is 5.69 Å². The first-order valence-corrected chi connectivity index (χ1v) is 9.74. The van der Waals surface area contributed by atoms with Crippen molar-refractivity contribution in [1.82, 2.24) is 5.43 Å². The minimum absolute atomic E-state index is 0.0531. The number of carbonyl (C=O) groups is 1. The molecular formula is C23H23N3O5. The molecule has 8 heteroatoms. The number of hydrogen-bond donors (Lipinski definition) is 1. The van der Waals surface area contributed by atoms with Gasteiger partial charge >= 0.3 is 0 Å². The van der Waals surface area contributed by atoms with Gasteiger partial charge < -0.3 is 9.15 Å². The lowest BCUT2D eigenvalue weighted by Crippen LogP contribution is -2.24. The number of nitrogens with zero attached hydrogens (tertiary/aromatic N) is 2. The molecule has 0 aliphatic carbocycles. The van der Waals surface area contributed by atoms with Crippen LogP contribution in [-0.2, 0) is 4.79 Å². The molecule has 0 fully saturated rings. The van der Waals surface area contributed by atoms with Crippen molar-refractivity contribution >= 4 is 17.8 Å². The molecule has 1 aromatic heterocycles. The molecule has 1 heterocycles. The van der Waals surface area contributed by atoms with Crippen LogP contribution in [0.2, 0.25) is 0 Å². The predicted molar refractivity (Wildman–Crippen MR) is 117 cm³/mol. The molecule has 0 radical (unpaired) electrons. The number of aryl methyl sites for hydroxylation is 1. The Hall–Kier alpha value is -3.94. The van der Waals surface area contributed by atoms with Gasteiger partial charge in [-0.2, -0.15) is 5.10 Å². The van der Waals surface area contributed by atoms with Crippen molar-refractivity contribution in [3.63, 3.8) is 0 Å². The molecule has 0 saturated carbocycles. The molecule has 3 aromatic rings. The Morgan fingerprint density at radius 1 is 1.23 bits per heavy atom. The Morgan fingerprint density at radius 3 is 2.74 bits per heavy atom. The number of furan rings is 1. The zero-order valence-corrected chi connectivity index (χ0v) is 17.5. The van der Waals surface area contributed by atoms with E-state index in [1.807, 2.05) is 25.1 Å². The fourth-order valence-corrected chi connectivity index (χ4v) is 3.00. The van der Waals surface area contributed by atoms with E-state index in [1.54, 1.807) is 30.3 Å². The van der Waals surface area contributed by atoms with Crippen LogP contribution >= 0.6 is 0 Å². The largest absolute Gasteiger partial charge is 0.483 e. The molecule has 160 valence electrons. The van der Waals surface area contributed by atoms with Crippen LogP contribution in [0.15, 0.2) is 64.1 Å². The number of para-hydroxylation sites is 1. The number of carbonyl (C=O) groups excluding carboxylic acids is 1. The number of nitrogens with one attached hydrogen (secondary N) is 1. The zero-order valence-electron chi connectivity index (χ0n) is 17.5. The molecule has 1 N–H and O–H groups in total. The lowest BCUT2D eigenvalue weighted by molar-refractivity contribution is -0.384. The van der Waals surface area contributed by atoms with Gasteiger partial charge in [0.1, 0.15) is 17.3 Å². The average Bonchev–Trinajstić information content (AvgIpc) is 3.21. The third kappa shape index (κ3) is 5.57. The summed E-state index contributed by atoms with van der Waals surface area (Å²) in [7, 11) is 0. The summed E-state index contributed by atoms with van der Waals surface area (Å²) in [6, 6.07) is 15.4. The van der Waals surface area contributed by atoms with E-state index in [4.69, 9.17) is 9.15 Å². The van der Waals surface area contributed by atoms with Crippen molar-refractivity contribution in [2.45, 2.75) is 26.7 Å². The lowest BCUT2D eigenvalue weighted by Gasteiger charge is -2.14. The molecule has 2 aromatic carbocycles. The number of benzene rings is 2. The molecule has 1 amide bonds. The molecule has 0 aliphatic rings. The summed E-state index contributed by atoms with van der Waals surface area (Å²) in [5, 5.41) is 15.0. The highest BCUT2D eigenvalue weighted by molar-refractivity contribution is 5.82. The van der Waals surface area contributed by atoms with Gasteiger partial charge in [0.25, 0.3) is 11.6 Å². The van der Waals surface area contributed by atoms with Crippen molar-refractivity contribution in [2.24, 2.45) is 5.10 Å². The van der Waals surface area contributed by atoms with Gasteiger partial charge in [0.15, 0.2) is 6.61 Å². The van der Waals surface area contributed by atoms with Crippen LogP contribution in [0.1, 0.15) is 36.7 Å². The first kappa shape index (κ1) is 21.8. The molecule has 31 heavy (non-hydrogen) atoms. The van der Waals surface area contributed by atoms with Gasteiger partial charge in [0, 0.05) is 6.07 Å². The van der Waals surface area contributed by atoms with Crippen LogP contribution in [-0.4, -0.2) is 23.7 Å². The molecular weight excluding hydrogens is 398 g/mol. The Balaban J connectivity index is 1.59. The fourth-order valence-electron chi connectivity index (χ4n) is 3.00. The molecule has 0 spiro atoms. The van der Waals surface area contributed by atoms with E-state index in [1.165, 1.54) is 12.3 Å². The van der Waals surface area contributed by atoms with Gasteiger partial charge in [-0.1, -0.05) is 38.1 Å². The lowest BCUT2D eigenvalue weighted by atomic mass is 10.0. The van der Waals surface area contributed by atoms with E-state index in [0.717, 1.165) is 11.1 Å². The minimum atomic E-state index is -0.467. The summed E-state index contributed by atoms with van der Waals surface area (Å²) < 4.78 is 11.3. The van der Waals surface area contributed by atoms with Gasteiger partial charge in [-0.3, -0.25) is 14.9 Å². The predicted octanol–water partition coefficient (Wildman–Crippen LogP) is 4.82. The van der Waals surface area contributed by atoms with E-state index in [-0.39, 0.29) is 18.2 Å². The maximum Gasteiger partial charge on any atom is 0.280 e. The monoisotopic (exact) mass is 421 g/mol. The van der Waals surface area contributed by atoms with Crippen molar-refractivity contribution in [3.8, 4) is 17.1 Å². The molecule has 0 unspecified atom stereocenters. The SMILES string of the molecule is Cc1ccc(C(C)C)c(OCC(=O)N/N=C\c2ccc(-c3ccccc3[N+](=O)[O-])o2)c1. The summed E-state index contributed by atoms with van der Waals surface area (Å²) in [5.74, 6) is 1.21. The number of hydrogen-bond acceptors (Lipinski definition) is 6. The first-order chi connectivity index (χ1) is 14.8. The van der Waals surface area contributed by atoms with Crippen LogP contribution in [0.5, 0.6) is 5.75 Å². The van der Waals surface area contributed by atoms with Gasteiger partial charge in [0.05, 0.1) is 16.7 Å². The van der Waals surface area contributed by atoms with Gasteiger partial charge in [0.2, 0.25) is 0 Å². The quantitative estimate of drug-likeness (QED) is 0.319. The Morgan fingerprint density at radius 2 is 2.00 bits per heavy atom. The highest BCUT2D eigenvalue weighted by Gasteiger charge is 2.17. The van der Waals surface area contributed by atoms with E-state index < -0.39 is 10.8 Å². The summed E-state index contributed by atoms with van der Waals surface area (Å²) in [4.78, 5) is 22.8. The van der Waals surface area contributed by atoms with E-state index >= 15 is 0 Å². The standard InChI is InChI=1S/C23H23N3O5/c1-15(2)18-10-8-16(3)12-22(18)30-14-23(27)25-24-13-17-9-11-21(31-17)19-6-4-5-7-20(19)26(28)29/h4-13,15H,14H2,1-3H3,(H,25,27)/b24-13-. The topological polar surface area (TPSA) is 107 Å². The second-order valence-corrected chi connectivity index (χ2v) is 7.25. The average molecular weight is 421 g/mol. The van der Waals surface area contributed by atoms with Gasteiger partial charge in [-0.15, -0.1) is 0 Å².